The van der Waals surface area contributed by atoms with Crippen molar-refractivity contribution in [2.75, 3.05) is 9.80 Å². The van der Waals surface area contributed by atoms with Crippen LogP contribution in [0.15, 0.2) is 103 Å². The van der Waals surface area contributed by atoms with Crippen molar-refractivity contribution in [2.45, 2.75) is 78.6 Å². The average molecular weight is 709 g/mol. The van der Waals surface area contributed by atoms with E-state index in [1.165, 1.54) is 71.3 Å². The van der Waals surface area contributed by atoms with Gasteiger partial charge in [-0.2, -0.15) is 0 Å². The summed E-state index contributed by atoms with van der Waals surface area (Å²) < 4.78 is 0. The molecule has 250 valence electrons. The van der Waals surface area contributed by atoms with Crippen LogP contribution in [0.1, 0.15) is 0 Å². The fourth-order valence-electron chi connectivity index (χ4n) is 7.64. The third-order valence-corrected chi connectivity index (χ3v) is 18.9. The molecule has 0 unspecified atom stereocenters. The van der Waals surface area contributed by atoms with E-state index in [9.17, 15) is 0 Å². The van der Waals surface area contributed by atoms with Crippen LogP contribution in [0.2, 0.25) is 78.6 Å². The molecule has 0 aromatic heterocycles. The topological polar surface area (TPSA) is 6.48 Å². The van der Waals surface area contributed by atoms with Gasteiger partial charge >= 0.3 is 0 Å². The summed E-state index contributed by atoms with van der Waals surface area (Å²) in [6.45, 7) is 29.6. The summed E-state index contributed by atoms with van der Waals surface area (Å²) in [5, 5.41) is 6.00. The van der Waals surface area contributed by atoms with Gasteiger partial charge in [-0.1, -0.05) is 154 Å². The first-order chi connectivity index (χ1) is 22.8. The molecule has 2 aliphatic heterocycles. The Morgan fingerprint density at radius 2 is 0.694 bits per heavy atom. The highest BCUT2D eigenvalue weighted by Crippen LogP contribution is 2.43. The van der Waals surface area contributed by atoms with Gasteiger partial charge in [-0.25, -0.2) is 0 Å². The Bertz CT molecular complexity index is 1920. The van der Waals surface area contributed by atoms with E-state index in [-0.39, 0.29) is 6.71 Å². The van der Waals surface area contributed by atoms with Crippen LogP contribution in [-0.4, -0.2) is 39.0 Å². The molecule has 2 aliphatic rings. The molecule has 49 heavy (non-hydrogen) atoms. The van der Waals surface area contributed by atoms with E-state index in [0.29, 0.717) is 0 Å². The molecular weight excluding hydrogens is 656 g/mol. The van der Waals surface area contributed by atoms with Gasteiger partial charge in [0.1, 0.15) is 0 Å². The van der Waals surface area contributed by atoms with Crippen LogP contribution in [0.5, 0.6) is 0 Å². The van der Waals surface area contributed by atoms with Gasteiger partial charge in [0.2, 0.25) is 0 Å². The lowest BCUT2D eigenvalue weighted by molar-refractivity contribution is 1.26. The van der Waals surface area contributed by atoms with Crippen LogP contribution in [0.25, 0.3) is 0 Å². The lowest BCUT2D eigenvalue weighted by Crippen LogP contribution is -2.62. The van der Waals surface area contributed by atoms with Crippen molar-refractivity contribution < 1.29 is 0 Å². The normalized spacial score (nSPS) is 14.4. The van der Waals surface area contributed by atoms with Gasteiger partial charge in [-0.15, -0.1) is 0 Å². The molecule has 0 spiro atoms. The van der Waals surface area contributed by atoms with Crippen molar-refractivity contribution in [3.63, 3.8) is 0 Å². The van der Waals surface area contributed by atoms with E-state index >= 15 is 0 Å². The number of anilines is 6. The van der Waals surface area contributed by atoms with Crippen molar-refractivity contribution in [3.05, 3.63) is 103 Å². The maximum Gasteiger partial charge on any atom is 0.252 e. The maximum absolute atomic E-state index is 2.58. The van der Waals surface area contributed by atoms with E-state index in [1.807, 2.05) is 0 Å². The smallest absolute Gasteiger partial charge is 0.252 e. The maximum atomic E-state index is 2.58. The first-order valence-electron chi connectivity index (χ1n) is 18.1. The Hall–Kier alpha value is -3.37. The van der Waals surface area contributed by atoms with E-state index < -0.39 is 32.3 Å². The third-order valence-electron chi connectivity index (χ3n) is 10.7. The quantitative estimate of drug-likeness (QED) is 0.162. The summed E-state index contributed by atoms with van der Waals surface area (Å²) in [6, 6.07) is 41.1. The Morgan fingerprint density at radius 1 is 0.367 bits per heavy atom. The van der Waals surface area contributed by atoms with Gasteiger partial charge in [-0.05, 0) is 64.9 Å². The molecule has 2 heterocycles. The summed E-state index contributed by atoms with van der Waals surface area (Å²) in [4.78, 5) is 5.16. The number of nitrogens with zero attached hydrogens (tertiary/aromatic N) is 2. The number of hydrogen-bond donors (Lipinski definition) is 0. The number of benzene rings is 5. The second-order valence-corrected chi connectivity index (χ2v) is 38.8. The van der Waals surface area contributed by atoms with Crippen molar-refractivity contribution in [1.82, 2.24) is 0 Å². The SMILES string of the molecule is C[Si](C)(C)c1ccc(N2c3cc([Si](C)(C)C)ccc3B3c4ccc([Si](C)(C)C)cc4N(c4ccc([Si](C)(C)C)cc4)c4cccc2c43)cc1. The lowest BCUT2D eigenvalue weighted by Gasteiger charge is -2.44. The zero-order chi connectivity index (χ0) is 35.3. The fraction of sp³-hybridized carbons (Fsp3) is 0.286. The average Bonchev–Trinajstić information content (AvgIpc) is 3.02. The molecule has 0 saturated heterocycles. The van der Waals surface area contributed by atoms with Crippen LogP contribution in [0.4, 0.5) is 34.1 Å². The molecule has 0 saturated carbocycles. The van der Waals surface area contributed by atoms with E-state index in [1.54, 1.807) is 0 Å². The summed E-state index contributed by atoms with van der Waals surface area (Å²) in [5.74, 6) is 0. The van der Waals surface area contributed by atoms with E-state index in [2.05, 4.69) is 191 Å². The van der Waals surface area contributed by atoms with E-state index in [4.69, 9.17) is 0 Å². The van der Waals surface area contributed by atoms with Crippen molar-refractivity contribution in [2.24, 2.45) is 0 Å². The lowest BCUT2D eigenvalue weighted by atomic mass is 9.33. The van der Waals surface area contributed by atoms with Crippen LogP contribution in [0.3, 0.4) is 0 Å². The molecule has 7 rings (SSSR count). The molecule has 0 amide bonds. The molecule has 0 bridgehead atoms. The number of rotatable bonds is 6. The monoisotopic (exact) mass is 708 g/mol. The first kappa shape index (κ1) is 34.1. The minimum atomic E-state index is -1.57. The molecule has 0 aliphatic carbocycles. The summed E-state index contributed by atoms with van der Waals surface area (Å²) in [6.07, 6.45) is 0. The molecule has 0 atom stereocenters. The second-order valence-electron chi connectivity index (χ2n) is 18.5. The highest BCUT2D eigenvalue weighted by molar-refractivity contribution is 7.01. The summed E-state index contributed by atoms with van der Waals surface area (Å²) in [7, 11) is -6.02. The molecule has 5 aromatic rings. The zero-order valence-corrected chi connectivity index (χ0v) is 35.8. The standard InChI is InChI=1S/C42H53BN2Si4/c1-46(2,3)32-20-16-30(17-21-32)44-38-14-13-15-39-42(38)43(36-26-24-34(28-40(36)44)48(7,8)9)37-27-25-35(49(10,11)12)29-41(37)45(39)31-18-22-33(23-19-31)47(4,5)6/h13-29H,1-12H3. The molecule has 0 N–H and O–H groups in total. The first-order valence-corrected chi connectivity index (χ1v) is 32.1. The Labute approximate surface area is 300 Å². The predicted octanol–water partition coefficient (Wildman–Crippen LogP) is 7.95. The molecule has 0 radical (unpaired) electrons. The summed E-state index contributed by atoms with van der Waals surface area (Å²) in [5.41, 5.74) is 12.0. The van der Waals surface area contributed by atoms with Gasteiger partial charge in [0.25, 0.3) is 6.71 Å². The Kier molecular flexibility index (Phi) is 8.06. The van der Waals surface area contributed by atoms with Crippen LogP contribution >= 0.6 is 0 Å². The van der Waals surface area contributed by atoms with Gasteiger partial charge < -0.3 is 9.80 Å². The van der Waals surface area contributed by atoms with Crippen molar-refractivity contribution in [1.29, 1.82) is 0 Å². The van der Waals surface area contributed by atoms with Gasteiger partial charge in [-0.3, -0.25) is 0 Å². The van der Waals surface area contributed by atoms with E-state index in [0.717, 1.165) is 0 Å². The zero-order valence-electron chi connectivity index (χ0n) is 31.8. The molecule has 2 nitrogen and oxygen atoms in total. The molecule has 0 fully saturated rings. The number of fused-ring (bicyclic) bond motifs is 4. The predicted molar refractivity (Wildman–Crippen MR) is 232 cm³/mol. The van der Waals surface area contributed by atoms with Gasteiger partial charge in [0, 0.05) is 34.1 Å². The molecule has 5 aromatic carbocycles. The van der Waals surface area contributed by atoms with Crippen LogP contribution < -0.4 is 46.9 Å². The highest BCUT2D eigenvalue weighted by Gasteiger charge is 2.44. The van der Waals surface area contributed by atoms with Crippen molar-refractivity contribution in [3.8, 4) is 0 Å². The Morgan fingerprint density at radius 3 is 1.02 bits per heavy atom. The largest absolute Gasteiger partial charge is 0.311 e. The second kappa shape index (κ2) is 11.6. The minimum absolute atomic E-state index is 0.164. The molecular formula is C42H53BN2Si4. The van der Waals surface area contributed by atoms with Crippen molar-refractivity contribution >= 4 is 110 Å². The Balaban J connectivity index is 1.53. The minimum Gasteiger partial charge on any atom is -0.311 e. The fourth-order valence-corrected chi connectivity index (χ4v) is 12.3. The third kappa shape index (κ3) is 5.96. The van der Waals surface area contributed by atoms with Gasteiger partial charge in [0.05, 0.1) is 32.3 Å². The molecule has 7 heteroatoms. The highest BCUT2D eigenvalue weighted by atomic mass is 28.3. The summed E-state index contributed by atoms with van der Waals surface area (Å²) >= 11 is 0. The van der Waals surface area contributed by atoms with Crippen LogP contribution in [-0.2, 0) is 0 Å². The van der Waals surface area contributed by atoms with Crippen LogP contribution in [0, 0.1) is 0 Å². The number of hydrogen-bond acceptors (Lipinski definition) is 2. The van der Waals surface area contributed by atoms with Gasteiger partial charge in [0.15, 0.2) is 0 Å².